The van der Waals surface area contributed by atoms with Gasteiger partial charge in [0.05, 0.1) is 17.3 Å². The summed E-state index contributed by atoms with van der Waals surface area (Å²) < 4.78 is 7.60. The average molecular weight is 649 g/mol. The van der Waals surface area contributed by atoms with Crippen LogP contribution in [0.2, 0.25) is 0 Å². The fourth-order valence-electron chi connectivity index (χ4n) is 5.40. The van der Waals surface area contributed by atoms with Crippen molar-refractivity contribution in [3.63, 3.8) is 0 Å². The summed E-state index contributed by atoms with van der Waals surface area (Å²) in [5.41, 5.74) is 5.19. The van der Waals surface area contributed by atoms with Crippen LogP contribution in [0.15, 0.2) is 59.3 Å². The third kappa shape index (κ3) is 12.8. The number of rotatable bonds is 14. The van der Waals surface area contributed by atoms with E-state index in [0.29, 0.717) is 30.2 Å². The topological polar surface area (TPSA) is 113 Å². The molecular formula is C37H56N6O4. The molecule has 4 rings (SSSR count). The Labute approximate surface area is 281 Å². The van der Waals surface area contributed by atoms with Crippen molar-refractivity contribution in [1.29, 1.82) is 0 Å². The van der Waals surface area contributed by atoms with Crippen LogP contribution in [0, 0.1) is 0 Å². The van der Waals surface area contributed by atoms with Crippen molar-refractivity contribution in [2.24, 2.45) is 5.10 Å². The second kappa shape index (κ2) is 20.5. The van der Waals surface area contributed by atoms with Gasteiger partial charge in [0.15, 0.2) is 5.82 Å². The molecule has 0 atom stereocenters. The molecule has 1 aromatic carbocycles. The molecule has 3 aromatic rings. The Balaban J connectivity index is 0.000000549. The summed E-state index contributed by atoms with van der Waals surface area (Å²) in [4.78, 5) is 33.9. The molecule has 0 bridgehead atoms. The van der Waals surface area contributed by atoms with Gasteiger partial charge in [0.25, 0.3) is 0 Å². The van der Waals surface area contributed by atoms with Gasteiger partial charge in [-0.3, -0.25) is 9.78 Å². The fraction of sp³-hybridized carbons (Fsp3) is 0.541. The molecule has 258 valence electrons. The molecule has 3 heterocycles. The van der Waals surface area contributed by atoms with Gasteiger partial charge in [0.2, 0.25) is 0 Å². The predicted molar refractivity (Wildman–Crippen MR) is 191 cm³/mol. The average Bonchev–Trinajstić information content (AvgIpc) is 3.42. The summed E-state index contributed by atoms with van der Waals surface area (Å²) in [6.45, 7) is 14.8. The smallest absolute Gasteiger partial charge is 0.162 e. The summed E-state index contributed by atoms with van der Waals surface area (Å²) in [5, 5.41) is 13.4. The van der Waals surface area contributed by atoms with Crippen LogP contribution in [-0.4, -0.2) is 101 Å². The van der Waals surface area contributed by atoms with Crippen LogP contribution in [0.3, 0.4) is 0 Å². The zero-order chi connectivity index (χ0) is 34.8. The highest BCUT2D eigenvalue weighted by Crippen LogP contribution is 2.29. The minimum Gasteiger partial charge on any atom is -0.400 e. The normalized spacial score (nSPS) is 14.6. The van der Waals surface area contributed by atoms with E-state index in [9.17, 15) is 9.59 Å². The van der Waals surface area contributed by atoms with Crippen LogP contribution in [0.4, 0.5) is 0 Å². The summed E-state index contributed by atoms with van der Waals surface area (Å²) in [7, 11) is 4.75. The van der Waals surface area contributed by atoms with E-state index in [-0.39, 0.29) is 5.60 Å². The zero-order valence-corrected chi connectivity index (χ0v) is 29.8. The summed E-state index contributed by atoms with van der Waals surface area (Å²) in [5.74, 6) is 1.19. The lowest BCUT2D eigenvalue weighted by atomic mass is 9.93. The second-order valence-electron chi connectivity index (χ2n) is 12.5. The van der Waals surface area contributed by atoms with Gasteiger partial charge in [-0.2, -0.15) is 5.10 Å². The van der Waals surface area contributed by atoms with Crippen LogP contribution in [0.25, 0.3) is 11.0 Å². The number of piperidine rings is 1. The van der Waals surface area contributed by atoms with E-state index in [1.807, 2.05) is 40.2 Å². The lowest BCUT2D eigenvalue weighted by Gasteiger charge is -2.31. The number of aliphatic hydroxyl groups is 1. The van der Waals surface area contributed by atoms with Gasteiger partial charge < -0.3 is 29.1 Å². The maximum atomic E-state index is 11.4. The first-order valence-corrected chi connectivity index (χ1v) is 16.6. The first kappa shape index (κ1) is 39.4. The highest BCUT2D eigenvalue weighted by Gasteiger charge is 2.23. The maximum absolute atomic E-state index is 11.4. The van der Waals surface area contributed by atoms with Crippen LogP contribution in [0.1, 0.15) is 89.7 Å². The van der Waals surface area contributed by atoms with Crippen LogP contribution >= 0.6 is 0 Å². The van der Waals surface area contributed by atoms with Crippen molar-refractivity contribution in [1.82, 2.24) is 24.4 Å². The second-order valence-corrected chi connectivity index (χ2v) is 12.5. The number of likely N-dealkylation sites (tertiary alicyclic amines) is 1. The Kier molecular flexibility index (Phi) is 17.2. The number of carbonyl (C=O) groups is 2. The molecule has 2 aromatic heterocycles. The van der Waals surface area contributed by atoms with Crippen LogP contribution < -0.4 is 0 Å². The molecule has 10 heteroatoms. The molecular weight excluding hydrogens is 592 g/mol. The number of aliphatic hydroxyl groups excluding tert-OH is 1. The molecule has 0 amide bonds. The highest BCUT2D eigenvalue weighted by atomic mass is 16.5. The van der Waals surface area contributed by atoms with E-state index >= 15 is 0 Å². The minimum atomic E-state index is -0.266. The van der Waals surface area contributed by atoms with Crippen molar-refractivity contribution < 1.29 is 19.4 Å². The Morgan fingerprint density at radius 3 is 2.36 bits per heavy atom. The molecule has 1 aliphatic heterocycles. The lowest BCUT2D eigenvalue weighted by Crippen LogP contribution is -2.33. The Bertz CT molecular complexity index is 1420. The standard InChI is InChI=1S/C28H36N6O.C8H16O2.CH4O/c1-5-13-33-14-11-23(12-15-33)24-17-27-26(18-29-24)30-28(25(31-32(3)4)16-21(2)20-35)34(27)19-22-9-7-6-8-10-22;1-4-7-10-8(2,3)5-6-9;1-2/h6-10,16-18,20,23H,5,11-15,19H2,1-4H3;6H,4-5,7H2,1-3H3;2H,1H3/b21-16-,31-25+;;. The lowest BCUT2D eigenvalue weighted by molar-refractivity contribution is -0.113. The Hall–Kier alpha value is -3.73. The molecule has 47 heavy (non-hydrogen) atoms. The van der Waals surface area contributed by atoms with Crippen molar-refractivity contribution in [2.45, 2.75) is 84.8 Å². The molecule has 0 unspecified atom stereocenters. The number of hydrogen-bond donors (Lipinski definition) is 1. The number of hydrogen-bond acceptors (Lipinski definition) is 9. The van der Waals surface area contributed by atoms with Gasteiger partial charge >= 0.3 is 0 Å². The first-order valence-electron chi connectivity index (χ1n) is 16.6. The monoisotopic (exact) mass is 648 g/mol. The number of imidazole rings is 1. The van der Waals surface area contributed by atoms with Crippen molar-refractivity contribution in [2.75, 3.05) is 47.4 Å². The number of aldehydes is 2. The van der Waals surface area contributed by atoms with E-state index < -0.39 is 0 Å². The fourth-order valence-corrected chi connectivity index (χ4v) is 5.40. The van der Waals surface area contributed by atoms with E-state index in [1.165, 1.54) is 18.5 Å². The summed E-state index contributed by atoms with van der Waals surface area (Å²) in [6.07, 6.45) is 10.4. The summed E-state index contributed by atoms with van der Waals surface area (Å²) in [6, 6.07) is 12.6. The third-order valence-electron chi connectivity index (χ3n) is 7.74. The molecule has 0 radical (unpaired) electrons. The molecule has 0 saturated carbocycles. The number of aromatic nitrogens is 3. The maximum Gasteiger partial charge on any atom is 0.162 e. The number of allylic oxidation sites excluding steroid dienone is 2. The van der Waals surface area contributed by atoms with E-state index in [1.54, 1.807) is 18.0 Å². The van der Waals surface area contributed by atoms with Crippen molar-refractivity contribution >= 4 is 29.3 Å². The van der Waals surface area contributed by atoms with Gasteiger partial charge in [-0.05, 0) is 89.4 Å². The SMILES string of the molecule is CCCN1CCC(c2cc3c(cn2)nc(C(/C=C(/C)C=O)=N/N(C)C)n3Cc2ccccc2)CC1.CCCOC(C)(C)CC=O.CO. The van der Waals surface area contributed by atoms with Crippen molar-refractivity contribution in [3.05, 3.63) is 71.3 Å². The van der Waals surface area contributed by atoms with E-state index in [4.69, 9.17) is 19.8 Å². The Morgan fingerprint density at radius 1 is 1.11 bits per heavy atom. The number of hydrazone groups is 1. The molecule has 0 spiro atoms. The number of pyridine rings is 1. The Morgan fingerprint density at radius 2 is 1.79 bits per heavy atom. The first-order chi connectivity index (χ1) is 22.6. The third-order valence-corrected chi connectivity index (χ3v) is 7.74. The number of benzene rings is 1. The zero-order valence-electron chi connectivity index (χ0n) is 29.8. The number of fused-ring (bicyclic) bond motifs is 1. The van der Waals surface area contributed by atoms with Gasteiger partial charge in [-0.15, -0.1) is 0 Å². The van der Waals surface area contributed by atoms with Crippen LogP contribution in [0.5, 0.6) is 0 Å². The van der Waals surface area contributed by atoms with E-state index in [0.717, 1.165) is 81.2 Å². The number of nitrogens with zero attached hydrogens (tertiary/aromatic N) is 6. The molecule has 0 aliphatic carbocycles. The van der Waals surface area contributed by atoms with Gasteiger partial charge in [0, 0.05) is 52.4 Å². The number of carbonyl (C=O) groups excluding carboxylic acids is 2. The molecule has 1 fully saturated rings. The quantitative estimate of drug-likeness (QED) is 0.100. The minimum absolute atomic E-state index is 0.266. The van der Waals surface area contributed by atoms with Gasteiger partial charge in [-0.25, -0.2) is 4.98 Å². The predicted octanol–water partition coefficient (Wildman–Crippen LogP) is 5.87. The van der Waals surface area contributed by atoms with Crippen LogP contribution in [-0.2, 0) is 20.9 Å². The molecule has 1 N–H and O–H groups in total. The largest absolute Gasteiger partial charge is 0.400 e. The highest BCUT2D eigenvalue weighted by molar-refractivity contribution is 6.10. The molecule has 10 nitrogen and oxygen atoms in total. The van der Waals surface area contributed by atoms with Gasteiger partial charge in [0.1, 0.15) is 23.8 Å². The van der Waals surface area contributed by atoms with E-state index in [2.05, 4.69) is 58.7 Å². The molecule has 1 aliphatic rings. The van der Waals surface area contributed by atoms with Crippen molar-refractivity contribution in [3.8, 4) is 0 Å². The number of ether oxygens (including phenoxy) is 1. The summed E-state index contributed by atoms with van der Waals surface area (Å²) >= 11 is 0. The van der Waals surface area contributed by atoms with Gasteiger partial charge in [-0.1, -0.05) is 44.2 Å². The molecule has 1 saturated heterocycles.